The minimum atomic E-state index is -5.10. The molecule has 3 aromatic rings. The highest BCUT2D eigenvalue weighted by molar-refractivity contribution is 5.53. The lowest BCUT2D eigenvalue weighted by Gasteiger charge is -2.28. The van der Waals surface area contributed by atoms with Crippen LogP contribution in [0.2, 0.25) is 0 Å². The summed E-state index contributed by atoms with van der Waals surface area (Å²) in [6.07, 6.45) is -12.6. The van der Waals surface area contributed by atoms with E-state index in [9.17, 15) is 39.5 Å². The van der Waals surface area contributed by atoms with Crippen LogP contribution in [-0.2, 0) is 38.7 Å². The van der Waals surface area contributed by atoms with Gasteiger partial charge in [-0.25, -0.2) is 0 Å². The molecule has 4 rings (SSSR count). The van der Waals surface area contributed by atoms with Gasteiger partial charge in [0.15, 0.2) is 5.69 Å². The number of H-pyrrole nitrogens is 1. The van der Waals surface area contributed by atoms with Gasteiger partial charge in [-0.1, -0.05) is 12.0 Å². The summed E-state index contributed by atoms with van der Waals surface area (Å²) in [5, 5.41) is 16.6. The van der Waals surface area contributed by atoms with Gasteiger partial charge >= 0.3 is 18.5 Å². The van der Waals surface area contributed by atoms with Gasteiger partial charge < -0.3 is 9.80 Å². The summed E-state index contributed by atoms with van der Waals surface area (Å²) in [5.41, 5.74) is -5.11. The van der Waals surface area contributed by atoms with Crippen molar-refractivity contribution in [3.8, 4) is 0 Å². The number of halogens is 9. The van der Waals surface area contributed by atoms with Crippen molar-refractivity contribution in [2.75, 3.05) is 22.9 Å². The smallest absolute Gasteiger partial charge is 0.356 e. The van der Waals surface area contributed by atoms with E-state index >= 15 is 0 Å². The fourth-order valence-electron chi connectivity index (χ4n) is 4.50. The Hall–Kier alpha value is -3.53. The van der Waals surface area contributed by atoms with Crippen LogP contribution >= 0.6 is 0 Å². The summed E-state index contributed by atoms with van der Waals surface area (Å²) in [4.78, 5) is 2.80. The standard InChI is InChI=1S/C23H25F9N8/c1-3-6-39(10-13-4-5-13)19-17(18(23(30,31)32)35-38(19)2)12-40(20-33-36-37-34-20)11-14-7-15(21(24,25)26)9-16(8-14)22(27,28)29/h7-9,13H,3-6,10-12H2,1-2H3,(H,33,34,36,37). The molecule has 0 atom stereocenters. The Morgan fingerprint density at radius 2 is 1.52 bits per heavy atom. The summed E-state index contributed by atoms with van der Waals surface area (Å²) in [5.74, 6) is 0.121. The predicted molar refractivity (Wildman–Crippen MR) is 124 cm³/mol. The van der Waals surface area contributed by atoms with Crippen molar-refractivity contribution in [3.63, 3.8) is 0 Å². The van der Waals surface area contributed by atoms with Crippen LogP contribution in [-0.4, -0.2) is 43.5 Å². The van der Waals surface area contributed by atoms with Crippen LogP contribution in [0.5, 0.6) is 0 Å². The number of anilines is 2. The van der Waals surface area contributed by atoms with Crippen molar-refractivity contribution in [2.24, 2.45) is 13.0 Å². The highest BCUT2D eigenvalue weighted by Crippen LogP contribution is 2.40. The van der Waals surface area contributed by atoms with Gasteiger partial charge in [0, 0.05) is 32.2 Å². The maximum absolute atomic E-state index is 14.1. The number of aryl methyl sites for hydroxylation is 1. The molecule has 1 fully saturated rings. The van der Waals surface area contributed by atoms with Gasteiger partial charge in [-0.3, -0.25) is 4.68 Å². The highest BCUT2D eigenvalue weighted by atomic mass is 19.4. The lowest BCUT2D eigenvalue weighted by molar-refractivity contribution is -0.143. The Bertz CT molecular complexity index is 1260. The molecule has 2 aromatic heterocycles. The van der Waals surface area contributed by atoms with Crippen molar-refractivity contribution < 1.29 is 39.5 Å². The number of aromatic nitrogens is 6. The summed E-state index contributed by atoms with van der Waals surface area (Å²) in [6, 6.07) is 0.991. The van der Waals surface area contributed by atoms with E-state index in [0.29, 0.717) is 37.6 Å². The second-order valence-electron chi connectivity index (χ2n) is 9.64. The van der Waals surface area contributed by atoms with E-state index in [1.807, 2.05) is 6.92 Å². The molecule has 8 nitrogen and oxygen atoms in total. The molecule has 0 bridgehead atoms. The number of aromatic amines is 1. The zero-order valence-corrected chi connectivity index (χ0v) is 21.3. The molecule has 1 aliphatic rings. The van der Waals surface area contributed by atoms with Crippen molar-refractivity contribution in [1.29, 1.82) is 0 Å². The number of hydrogen-bond acceptors (Lipinski definition) is 6. The Kier molecular flexibility index (Phi) is 7.95. The molecule has 2 heterocycles. The lowest BCUT2D eigenvalue weighted by atomic mass is 10.0. The van der Waals surface area contributed by atoms with Gasteiger partial charge in [-0.15, -0.1) is 5.10 Å². The zero-order valence-electron chi connectivity index (χ0n) is 21.3. The number of hydrogen-bond donors (Lipinski definition) is 1. The number of alkyl halides is 9. The van der Waals surface area contributed by atoms with Gasteiger partial charge in [-0.2, -0.15) is 49.8 Å². The summed E-state index contributed by atoms with van der Waals surface area (Å²) >= 11 is 0. The fraction of sp³-hybridized carbons (Fsp3) is 0.565. The first kappa shape index (κ1) is 29.5. The number of benzene rings is 1. The Labute approximate surface area is 222 Å². The van der Waals surface area contributed by atoms with E-state index in [0.717, 1.165) is 22.4 Å². The van der Waals surface area contributed by atoms with Crippen molar-refractivity contribution in [3.05, 3.63) is 46.1 Å². The van der Waals surface area contributed by atoms with Crippen LogP contribution in [0.25, 0.3) is 0 Å². The molecule has 1 aromatic carbocycles. The molecular formula is C23H25F9N8. The molecule has 17 heteroatoms. The summed E-state index contributed by atoms with van der Waals surface area (Å²) < 4.78 is 124. The number of nitrogens with one attached hydrogen (secondary N) is 1. The largest absolute Gasteiger partial charge is 0.435 e. The molecule has 0 spiro atoms. The minimum absolute atomic E-state index is 0.0241. The topological polar surface area (TPSA) is 78.8 Å². The maximum Gasteiger partial charge on any atom is 0.435 e. The first-order valence-electron chi connectivity index (χ1n) is 12.2. The normalized spacial score (nSPS) is 14.6. The van der Waals surface area contributed by atoms with Gasteiger partial charge in [0.25, 0.3) is 5.95 Å². The van der Waals surface area contributed by atoms with E-state index in [1.165, 1.54) is 7.05 Å². The monoisotopic (exact) mass is 584 g/mol. The van der Waals surface area contributed by atoms with E-state index in [1.54, 1.807) is 4.90 Å². The van der Waals surface area contributed by atoms with Crippen molar-refractivity contribution in [1.82, 2.24) is 30.4 Å². The SMILES string of the molecule is CCCN(CC1CC1)c1c(CN(Cc2cc(C(F)(F)F)cc(C(F)(F)F)c2)c2nn[nH]n2)c(C(F)(F)F)nn1C. The third-order valence-corrected chi connectivity index (χ3v) is 6.34. The maximum atomic E-state index is 14.1. The van der Waals surface area contributed by atoms with Gasteiger partial charge in [0.2, 0.25) is 0 Å². The minimum Gasteiger partial charge on any atom is -0.356 e. The Morgan fingerprint density at radius 1 is 0.900 bits per heavy atom. The van der Waals surface area contributed by atoms with Crippen LogP contribution in [0, 0.1) is 5.92 Å². The van der Waals surface area contributed by atoms with E-state index in [4.69, 9.17) is 0 Å². The second-order valence-corrected chi connectivity index (χ2v) is 9.64. The van der Waals surface area contributed by atoms with E-state index in [-0.39, 0.29) is 23.4 Å². The molecule has 0 amide bonds. The van der Waals surface area contributed by atoms with Crippen LogP contribution in [0.15, 0.2) is 18.2 Å². The zero-order chi connectivity index (χ0) is 29.5. The van der Waals surface area contributed by atoms with E-state index in [2.05, 4.69) is 25.7 Å². The van der Waals surface area contributed by atoms with Gasteiger partial charge in [0.05, 0.1) is 17.7 Å². The average molecular weight is 584 g/mol. The lowest BCUT2D eigenvalue weighted by Crippen LogP contribution is -2.31. The Balaban J connectivity index is 1.81. The number of tetrazole rings is 1. The molecule has 0 saturated heterocycles. The third-order valence-electron chi connectivity index (χ3n) is 6.34. The van der Waals surface area contributed by atoms with Crippen LogP contribution in [0.3, 0.4) is 0 Å². The Morgan fingerprint density at radius 3 is 2.00 bits per heavy atom. The molecule has 40 heavy (non-hydrogen) atoms. The first-order valence-corrected chi connectivity index (χ1v) is 12.2. The molecule has 0 unspecified atom stereocenters. The number of rotatable bonds is 10. The molecule has 1 N–H and O–H groups in total. The summed E-state index contributed by atoms with van der Waals surface area (Å²) in [6.45, 7) is 1.43. The molecule has 0 radical (unpaired) electrons. The van der Waals surface area contributed by atoms with Crippen molar-refractivity contribution in [2.45, 2.75) is 57.8 Å². The summed E-state index contributed by atoms with van der Waals surface area (Å²) in [7, 11) is 1.35. The molecular weight excluding hydrogens is 559 g/mol. The van der Waals surface area contributed by atoms with Gasteiger partial charge in [0.1, 0.15) is 5.82 Å². The van der Waals surface area contributed by atoms with Crippen LogP contribution < -0.4 is 9.80 Å². The quantitative estimate of drug-likeness (QED) is 0.303. The van der Waals surface area contributed by atoms with E-state index < -0.39 is 54.0 Å². The molecule has 1 saturated carbocycles. The molecule has 220 valence electrons. The number of nitrogens with zero attached hydrogens (tertiary/aromatic N) is 7. The third kappa shape index (κ3) is 6.78. The molecule has 0 aliphatic heterocycles. The van der Waals surface area contributed by atoms with Gasteiger partial charge in [-0.05, 0) is 54.2 Å². The highest BCUT2D eigenvalue weighted by Gasteiger charge is 2.42. The van der Waals surface area contributed by atoms with Crippen molar-refractivity contribution >= 4 is 11.8 Å². The first-order chi connectivity index (χ1) is 18.6. The predicted octanol–water partition coefficient (Wildman–Crippen LogP) is 5.82. The van der Waals surface area contributed by atoms with Crippen LogP contribution in [0.1, 0.15) is 54.1 Å². The second kappa shape index (κ2) is 10.8. The van der Waals surface area contributed by atoms with Crippen LogP contribution in [0.4, 0.5) is 51.3 Å². The molecule has 1 aliphatic carbocycles. The average Bonchev–Trinajstić information content (AvgIpc) is 3.34. The fourth-order valence-corrected chi connectivity index (χ4v) is 4.50.